The fourth-order valence-electron chi connectivity index (χ4n) is 3.36. The summed E-state index contributed by atoms with van der Waals surface area (Å²) >= 11 is 0. The lowest BCUT2D eigenvalue weighted by atomic mass is 10.0. The van der Waals surface area contributed by atoms with Crippen molar-refractivity contribution in [3.05, 3.63) is 36.4 Å². The summed E-state index contributed by atoms with van der Waals surface area (Å²) in [7, 11) is 3.35. The van der Waals surface area contributed by atoms with Gasteiger partial charge in [0.1, 0.15) is 0 Å². The zero-order valence-electron chi connectivity index (χ0n) is 19.2. The Balaban J connectivity index is 2.12. The van der Waals surface area contributed by atoms with Crippen molar-refractivity contribution in [3.8, 4) is 34.1 Å². The van der Waals surface area contributed by atoms with Crippen LogP contribution >= 0.6 is 0 Å². The number of unbranched alkanes of at least 4 members (excludes halogenated alkanes) is 6. The zero-order chi connectivity index (χ0) is 21.6. The molecule has 4 nitrogen and oxygen atoms in total. The fourth-order valence-corrected chi connectivity index (χ4v) is 3.36. The molecule has 0 amide bonds. The molecule has 2 rings (SSSR count). The van der Waals surface area contributed by atoms with Crippen molar-refractivity contribution in [1.82, 2.24) is 0 Å². The molecular formula is C26H38O4. The van der Waals surface area contributed by atoms with E-state index in [9.17, 15) is 0 Å². The summed E-state index contributed by atoms with van der Waals surface area (Å²) in [5, 5.41) is 0. The van der Waals surface area contributed by atoms with Gasteiger partial charge in [0.15, 0.2) is 23.0 Å². The summed E-state index contributed by atoms with van der Waals surface area (Å²) in [6, 6.07) is 12.1. The van der Waals surface area contributed by atoms with Crippen LogP contribution in [-0.2, 0) is 0 Å². The van der Waals surface area contributed by atoms with E-state index in [0.29, 0.717) is 13.2 Å². The molecule has 0 atom stereocenters. The van der Waals surface area contributed by atoms with Crippen LogP contribution in [0.2, 0.25) is 0 Å². The SMILES string of the molecule is CCCCCCOc1cc(-c2ccc(OC)c(OCCCCCC)c2)ccc1OC. The Morgan fingerprint density at radius 1 is 0.533 bits per heavy atom. The second-order valence-corrected chi connectivity index (χ2v) is 7.55. The minimum Gasteiger partial charge on any atom is -0.493 e. The molecule has 0 aliphatic carbocycles. The summed E-state index contributed by atoms with van der Waals surface area (Å²) in [4.78, 5) is 0. The van der Waals surface area contributed by atoms with Gasteiger partial charge in [0.2, 0.25) is 0 Å². The predicted molar refractivity (Wildman–Crippen MR) is 124 cm³/mol. The van der Waals surface area contributed by atoms with Crippen LogP contribution in [0.25, 0.3) is 11.1 Å². The molecular weight excluding hydrogens is 376 g/mol. The number of ether oxygens (including phenoxy) is 4. The molecule has 0 radical (unpaired) electrons. The molecule has 0 bridgehead atoms. The molecule has 0 spiro atoms. The second-order valence-electron chi connectivity index (χ2n) is 7.55. The number of benzene rings is 2. The normalized spacial score (nSPS) is 10.7. The van der Waals surface area contributed by atoms with Gasteiger partial charge in [-0.05, 0) is 48.2 Å². The van der Waals surface area contributed by atoms with Crippen LogP contribution in [0.3, 0.4) is 0 Å². The van der Waals surface area contributed by atoms with Gasteiger partial charge in [-0.15, -0.1) is 0 Å². The Morgan fingerprint density at radius 3 is 1.33 bits per heavy atom. The molecule has 0 heterocycles. The lowest BCUT2D eigenvalue weighted by molar-refractivity contribution is 0.285. The quantitative estimate of drug-likeness (QED) is 0.287. The number of rotatable bonds is 15. The number of hydrogen-bond donors (Lipinski definition) is 0. The summed E-state index contributed by atoms with van der Waals surface area (Å²) in [5.41, 5.74) is 2.13. The maximum Gasteiger partial charge on any atom is 0.161 e. The van der Waals surface area contributed by atoms with Crippen LogP contribution in [0.1, 0.15) is 65.2 Å². The lowest BCUT2D eigenvalue weighted by Gasteiger charge is -2.15. The van der Waals surface area contributed by atoms with Crippen molar-refractivity contribution >= 4 is 0 Å². The molecule has 0 aliphatic rings. The van der Waals surface area contributed by atoms with Gasteiger partial charge < -0.3 is 18.9 Å². The fraction of sp³-hybridized carbons (Fsp3) is 0.538. The first-order valence-electron chi connectivity index (χ1n) is 11.4. The highest BCUT2D eigenvalue weighted by Gasteiger charge is 2.11. The van der Waals surface area contributed by atoms with Gasteiger partial charge in [-0.1, -0.05) is 64.5 Å². The molecule has 0 saturated carbocycles. The first-order chi connectivity index (χ1) is 14.7. The molecule has 2 aromatic carbocycles. The largest absolute Gasteiger partial charge is 0.493 e. The van der Waals surface area contributed by atoms with E-state index in [1.165, 1.54) is 38.5 Å². The van der Waals surface area contributed by atoms with Crippen molar-refractivity contribution in [2.75, 3.05) is 27.4 Å². The van der Waals surface area contributed by atoms with E-state index in [-0.39, 0.29) is 0 Å². The van der Waals surface area contributed by atoms with Crippen molar-refractivity contribution in [2.24, 2.45) is 0 Å². The standard InChI is InChI=1S/C26H38O4/c1-5-7-9-11-17-29-25-19-21(13-15-23(25)27-3)22-14-16-24(28-4)26(20-22)30-18-12-10-8-6-2/h13-16,19-20H,5-12,17-18H2,1-4H3. The van der Waals surface area contributed by atoms with E-state index >= 15 is 0 Å². The molecule has 0 aliphatic heterocycles. The van der Waals surface area contributed by atoms with E-state index in [1.807, 2.05) is 24.3 Å². The smallest absolute Gasteiger partial charge is 0.161 e. The van der Waals surface area contributed by atoms with Gasteiger partial charge >= 0.3 is 0 Å². The Hall–Kier alpha value is -2.36. The van der Waals surface area contributed by atoms with Gasteiger partial charge in [-0.3, -0.25) is 0 Å². The summed E-state index contributed by atoms with van der Waals surface area (Å²) < 4.78 is 23.0. The highest BCUT2D eigenvalue weighted by molar-refractivity contribution is 5.70. The minimum absolute atomic E-state index is 0.703. The average molecular weight is 415 g/mol. The molecule has 0 unspecified atom stereocenters. The number of hydrogen-bond acceptors (Lipinski definition) is 4. The zero-order valence-corrected chi connectivity index (χ0v) is 19.2. The highest BCUT2D eigenvalue weighted by atomic mass is 16.5. The van der Waals surface area contributed by atoms with Gasteiger partial charge in [-0.2, -0.15) is 0 Å². The molecule has 0 fully saturated rings. The van der Waals surface area contributed by atoms with Crippen molar-refractivity contribution in [2.45, 2.75) is 65.2 Å². The lowest BCUT2D eigenvalue weighted by Crippen LogP contribution is -2.00. The van der Waals surface area contributed by atoms with E-state index in [4.69, 9.17) is 18.9 Å². The molecule has 0 aromatic heterocycles. The van der Waals surface area contributed by atoms with Gasteiger partial charge in [0.25, 0.3) is 0 Å². The van der Waals surface area contributed by atoms with Crippen LogP contribution in [0.5, 0.6) is 23.0 Å². The van der Waals surface area contributed by atoms with Crippen LogP contribution < -0.4 is 18.9 Å². The maximum atomic E-state index is 6.03. The third-order valence-electron chi connectivity index (χ3n) is 5.17. The monoisotopic (exact) mass is 414 g/mol. The first kappa shape index (κ1) is 23.9. The Morgan fingerprint density at radius 2 is 0.967 bits per heavy atom. The summed E-state index contributed by atoms with van der Waals surface area (Å²) in [6.07, 6.45) is 9.42. The number of methoxy groups -OCH3 is 2. The van der Waals surface area contributed by atoms with E-state index in [1.54, 1.807) is 14.2 Å². The average Bonchev–Trinajstić information content (AvgIpc) is 2.78. The van der Waals surface area contributed by atoms with Crippen molar-refractivity contribution < 1.29 is 18.9 Å². The minimum atomic E-state index is 0.703. The van der Waals surface area contributed by atoms with Gasteiger partial charge in [-0.25, -0.2) is 0 Å². The molecule has 0 saturated heterocycles. The van der Waals surface area contributed by atoms with Gasteiger partial charge in [0, 0.05) is 0 Å². The third kappa shape index (κ3) is 7.47. The van der Waals surface area contributed by atoms with Gasteiger partial charge in [0.05, 0.1) is 27.4 Å². The molecule has 30 heavy (non-hydrogen) atoms. The summed E-state index contributed by atoms with van der Waals surface area (Å²) in [6.45, 7) is 5.83. The topological polar surface area (TPSA) is 36.9 Å². The second kappa shape index (κ2) is 13.8. The van der Waals surface area contributed by atoms with Crippen LogP contribution in [-0.4, -0.2) is 27.4 Å². The van der Waals surface area contributed by atoms with Crippen LogP contribution in [0.15, 0.2) is 36.4 Å². The highest BCUT2D eigenvalue weighted by Crippen LogP contribution is 2.36. The van der Waals surface area contributed by atoms with Crippen molar-refractivity contribution in [3.63, 3.8) is 0 Å². The Bertz CT molecular complexity index is 678. The molecule has 0 N–H and O–H groups in total. The van der Waals surface area contributed by atoms with Crippen LogP contribution in [0, 0.1) is 0 Å². The summed E-state index contributed by atoms with van der Waals surface area (Å²) in [5.74, 6) is 3.08. The molecule has 4 heteroatoms. The molecule has 2 aromatic rings. The Kier molecular flexibility index (Phi) is 11.0. The first-order valence-corrected chi connectivity index (χ1v) is 11.4. The van der Waals surface area contributed by atoms with Crippen LogP contribution in [0.4, 0.5) is 0 Å². The maximum absolute atomic E-state index is 6.03. The van der Waals surface area contributed by atoms with Crippen molar-refractivity contribution in [1.29, 1.82) is 0 Å². The predicted octanol–water partition coefficient (Wildman–Crippen LogP) is 7.29. The van der Waals surface area contributed by atoms with E-state index in [0.717, 1.165) is 47.0 Å². The van der Waals surface area contributed by atoms with E-state index < -0.39 is 0 Å². The van der Waals surface area contributed by atoms with E-state index in [2.05, 4.69) is 26.0 Å². The third-order valence-corrected chi connectivity index (χ3v) is 5.17. The molecule has 166 valence electrons. The Labute approximate surface area is 182 Å².